The van der Waals surface area contributed by atoms with E-state index >= 15 is 0 Å². The highest BCUT2D eigenvalue weighted by molar-refractivity contribution is 6.30. The van der Waals surface area contributed by atoms with E-state index in [2.05, 4.69) is 15.7 Å². The van der Waals surface area contributed by atoms with Crippen LogP contribution in [-0.4, -0.2) is 18.2 Å². The van der Waals surface area contributed by atoms with Crippen molar-refractivity contribution in [3.8, 4) is 0 Å². The molecule has 21 heavy (non-hydrogen) atoms. The Kier molecular flexibility index (Phi) is 5.17. The highest BCUT2D eigenvalue weighted by Crippen LogP contribution is 2.10. The molecule has 0 spiro atoms. The standard InChI is InChI=1S/C15H12ClN3O2/c16-13-8-6-11(7-9-13)14(10-17-21)18-19-15(20)12-4-2-1-3-5-12/h1-9H,10H2,(H,19,20). The Morgan fingerprint density at radius 2 is 1.67 bits per heavy atom. The molecule has 2 rings (SSSR count). The molecule has 0 fully saturated rings. The Bertz CT molecular complexity index is 654. The molecule has 0 aliphatic rings. The van der Waals surface area contributed by atoms with Crippen LogP contribution in [-0.2, 0) is 0 Å². The molecule has 0 aliphatic carbocycles. The van der Waals surface area contributed by atoms with Gasteiger partial charge in [0.1, 0.15) is 6.54 Å². The molecule has 0 aliphatic heterocycles. The van der Waals surface area contributed by atoms with E-state index in [-0.39, 0.29) is 12.5 Å². The molecule has 0 atom stereocenters. The molecule has 1 amide bonds. The number of hydrogen-bond donors (Lipinski definition) is 1. The first kappa shape index (κ1) is 14.9. The third-order valence-electron chi connectivity index (χ3n) is 2.72. The van der Waals surface area contributed by atoms with E-state index in [9.17, 15) is 9.70 Å². The van der Waals surface area contributed by atoms with Crippen molar-refractivity contribution in [2.75, 3.05) is 6.54 Å². The number of carbonyl (C=O) groups excluding carboxylic acids is 1. The number of nitrogens with one attached hydrogen (secondary N) is 1. The Morgan fingerprint density at radius 3 is 2.29 bits per heavy atom. The van der Waals surface area contributed by atoms with Crippen LogP contribution in [0.5, 0.6) is 0 Å². The Morgan fingerprint density at radius 1 is 1.00 bits per heavy atom. The molecule has 2 aromatic rings. The minimum absolute atomic E-state index is 0.142. The highest BCUT2D eigenvalue weighted by Gasteiger charge is 2.07. The summed E-state index contributed by atoms with van der Waals surface area (Å²) >= 11 is 5.81. The van der Waals surface area contributed by atoms with Crippen LogP contribution in [0.2, 0.25) is 5.02 Å². The van der Waals surface area contributed by atoms with Gasteiger partial charge in [-0.25, -0.2) is 5.43 Å². The summed E-state index contributed by atoms with van der Waals surface area (Å²) in [6.45, 7) is -0.142. The van der Waals surface area contributed by atoms with Gasteiger partial charge in [-0.05, 0) is 29.8 Å². The number of nitroso groups, excluding NO2 is 1. The van der Waals surface area contributed by atoms with E-state index < -0.39 is 0 Å². The molecule has 5 nitrogen and oxygen atoms in total. The van der Waals surface area contributed by atoms with Crippen LogP contribution in [0.1, 0.15) is 15.9 Å². The molecule has 0 heterocycles. The van der Waals surface area contributed by atoms with Gasteiger partial charge in [-0.2, -0.15) is 10.0 Å². The maximum atomic E-state index is 11.9. The fraction of sp³-hybridized carbons (Fsp3) is 0.0667. The van der Waals surface area contributed by atoms with E-state index in [4.69, 9.17) is 11.6 Å². The first-order valence-corrected chi connectivity index (χ1v) is 6.55. The molecular formula is C15H12ClN3O2. The van der Waals surface area contributed by atoms with E-state index in [1.54, 1.807) is 48.5 Å². The maximum Gasteiger partial charge on any atom is 0.271 e. The van der Waals surface area contributed by atoms with Crippen molar-refractivity contribution < 1.29 is 4.79 Å². The quantitative estimate of drug-likeness (QED) is 0.523. The Hall–Kier alpha value is -2.53. The molecule has 0 radical (unpaired) electrons. The molecule has 6 heteroatoms. The summed E-state index contributed by atoms with van der Waals surface area (Å²) < 4.78 is 0. The zero-order chi connectivity index (χ0) is 15.1. The van der Waals surface area contributed by atoms with E-state index in [1.807, 2.05) is 6.07 Å². The SMILES string of the molecule is O=NCC(=NNC(=O)c1ccccc1)c1ccc(Cl)cc1. The van der Waals surface area contributed by atoms with E-state index in [0.29, 0.717) is 21.9 Å². The number of amides is 1. The number of hydrazone groups is 1. The Labute approximate surface area is 126 Å². The predicted octanol–water partition coefficient (Wildman–Crippen LogP) is 3.24. The third-order valence-corrected chi connectivity index (χ3v) is 2.97. The molecule has 0 saturated heterocycles. The topological polar surface area (TPSA) is 70.9 Å². The normalized spacial score (nSPS) is 11.0. The van der Waals surface area contributed by atoms with Gasteiger partial charge in [0.15, 0.2) is 0 Å². The lowest BCUT2D eigenvalue weighted by atomic mass is 10.1. The number of rotatable bonds is 5. The van der Waals surface area contributed by atoms with Crippen molar-refractivity contribution in [1.29, 1.82) is 0 Å². The van der Waals surface area contributed by atoms with E-state index in [0.717, 1.165) is 0 Å². The number of carbonyl (C=O) groups is 1. The number of halogens is 1. The fourth-order valence-electron chi connectivity index (χ4n) is 1.67. The smallest absolute Gasteiger partial charge is 0.267 e. The van der Waals surface area contributed by atoms with Crippen LogP contribution in [0.15, 0.2) is 64.9 Å². The lowest BCUT2D eigenvalue weighted by molar-refractivity contribution is 0.0955. The summed E-state index contributed by atoms with van der Waals surface area (Å²) in [5, 5.41) is 7.36. The fourth-order valence-corrected chi connectivity index (χ4v) is 1.79. The van der Waals surface area contributed by atoms with Crippen molar-refractivity contribution in [2.45, 2.75) is 0 Å². The molecular weight excluding hydrogens is 290 g/mol. The zero-order valence-electron chi connectivity index (χ0n) is 11.0. The average molecular weight is 302 g/mol. The van der Waals surface area contributed by atoms with Gasteiger partial charge >= 0.3 is 0 Å². The van der Waals surface area contributed by atoms with Gasteiger partial charge < -0.3 is 0 Å². The van der Waals surface area contributed by atoms with Crippen LogP contribution in [0, 0.1) is 4.91 Å². The van der Waals surface area contributed by atoms with Gasteiger partial charge in [0.2, 0.25) is 0 Å². The van der Waals surface area contributed by atoms with Crippen LogP contribution in [0.3, 0.4) is 0 Å². The van der Waals surface area contributed by atoms with Crippen LogP contribution in [0.4, 0.5) is 0 Å². The van der Waals surface area contributed by atoms with Crippen molar-refractivity contribution in [3.05, 3.63) is 75.7 Å². The lowest BCUT2D eigenvalue weighted by Crippen LogP contribution is -2.21. The monoisotopic (exact) mass is 301 g/mol. The first-order chi connectivity index (χ1) is 10.2. The van der Waals surface area contributed by atoms with Crippen molar-refractivity contribution in [2.24, 2.45) is 10.3 Å². The second-order valence-electron chi connectivity index (χ2n) is 4.16. The number of hydrogen-bond acceptors (Lipinski definition) is 4. The molecule has 106 valence electrons. The summed E-state index contributed by atoms with van der Waals surface area (Å²) in [5.41, 5.74) is 3.94. The summed E-state index contributed by atoms with van der Waals surface area (Å²) in [4.78, 5) is 22.4. The van der Waals surface area contributed by atoms with Gasteiger partial charge in [-0.15, -0.1) is 0 Å². The van der Waals surface area contributed by atoms with Crippen molar-refractivity contribution in [3.63, 3.8) is 0 Å². The van der Waals surface area contributed by atoms with Gasteiger partial charge in [0, 0.05) is 10.6 Å². The van der Waals surface area contributed by atoms with Gasteiger partial charge in [-0.1, -0.05) is 47.1 Å². The van der Waals surface area contributed by atoms with Crippen molar-refractivity contribution >= 4 is 23.2 Å². The summed E-state index contributed by atoms with van der Waals surface area (Å²) in [6, 6.07) is 15.4. The molecule has 0 unspecified atom stereocenters. The number of nitrogens with zero attached hydrogens (tertiary/aromatic N) is 2. The minimum Gasteiger partial charge on any atom is -0.267 e. The molecule has 2 aromatic carbocycles. The van der Waals surface area contributed by atoms with Gasteiger partial charge in [-0.3, -0.25) is 4.79 Å². The second-order valence-corrected chi connectivity index (χ2v) is 4.60. The molecule has 0 aromatic heterocycles. The first-order valence-electron chi connectivity index (χ1n) is 6.17. The highest BCUT2D eigenvalue weighted by atomic mass is 35.5. The maximum absolute atomic E-state index is 11.9. The second kappa shape index (κ2) is 7.31. The lowest BCUT2D eigenvalue weighted by Gasteiger charge is -2.04. The number of benzene rings is 2. The average Bonchev–Trinajstić information content (AvgIpc) is 2.53. The summed E-state index contributed by atoms with van der Waals surface area (Å²) in [7, 11) is 0. The van der Waals surface area contributed by atoms with Crippen LogP contribution < -0.4 is 5.43 Å². The summed E-state index contributed by atoms with van der Waals surface area (Å²) in [6.07, 6.45) is 0. The van der Waals surface area contributed by atoms with Gasteiger partial charge in [0.05, 0.1) is 5.71 Å². The van der Waals surface area contributed by atoms with E-state index in [1.165, 1.54) is 0 Å². The minimum atomic E-state index is -0.354. The molecule has 0 saturated carbocycles. The predicted molar refractivity (Wildman–Crippen MR) is 82.6 cm³/mol. The van der Waals surface area contributed by atoms with Gasteiger partial charge in [0.25, 0.3) is 5.91 Å². The van der Waals surface area contributed by atoms with Crippen LogP contribution in [0.25, 0.3) is 0 Å². The Balaban J connectivity index is 2.16. The van der Waals surface area contributed by atoms with Crippen LogP contribution >= 0.6 is 11.6 Å². The zero-order valence-corrected chi connectivity index (χ0v) is 11.7. The molecule has 1 N–H and O–H groups in total. The van der Waals surface area contributed by atoms with Crippen molar-refractivity contribution in [1.82, 2.24) is 5.43 Å². The third kappa shape index (κ3) is 4.22. The summed E-state index contributed by atoms with van der Waals surface area (Å²) in [5.74, 6) is -0.354. The largest absolute Gasteiger partial charge is 0.271 e. The molecule has 0 bridgehead atoms.